The van der Waals surface area contributed by atoms with E-state index in [1.165, 1.54) is 30.0 Å². The van der Waals surface area contributed by atoms with E-state index in [-0.39, 0.29) is 17.9 Å². The summed E-state index contributed by atoms with van der Waals surface area (Å²) in [5.41, 5.74) is 0.207. The van der Waals surface area contributed by atoms with E-state index in [9.17, 15) is 14.4 Å². The molecular weight excluding hydrogens is 328 g/mol. The van der Waals surface area contributed by atoms with Gasteiger partial charge in [0.05, 0.1) is 12.1 Å². The molecule has 126 valence electrons. The zero-order valence-corrected chi connectivity index (χ0v) is 13.9. The number of nitrogens with one attached hydrogen (secondary N) is 2. The summed E-state index contributed by atoms with van der Waals surface area (Å²) < 4.78 is 0. The number of amides is 2. The van der Waals surface area contributed by atoms with Gasteiger partial charge in [-0.15, -0.1) is 11.3 Å². The molecule has 2 amide bonds. The lowest BCUT2D eigenvalue weighted by Crippen LogP contribution is -2.36. The lowest BCUT2D eigenvalue weighted by molar-refractivity contribution is -0.131. The highest BCUT2D eigenvalue weighted by atomic mass is 32.1. The van der Waals surface area contributed by atoms with E-state index >= 15 is 0 Å². The number of likely N-dealkylation sites (tertiary alicyclic amines) is 1. The molecule has 1 saturated heterocycles. The third-order valence-corrected chi connectivity index (χ3v) is 4.68. The number of anilines is 1. The van der Waals surface area contributed by atoms with Crippen LogP contribution in [0.3, 0.4) is 0 Å². The van der Waals surface area contributed by atoms with Gasteiger partial charge in [0.15, 0.2) is 5.13 Å². The molecule has 0 radical (unpaired) electrons. The summed E-state index contributed by atoms with van der Waals surface area (Å²) in [4.78, 5) is 44.5. The van der Waals surface area contributed by atoms with Gasteiger partial charge in [0.1, 0.15) is 5.56 Å². The van der Waals surface area contributed by atoms with Crippen molar-refractivity contribution in [1.29, 1.82) is 0 Å². The fraction of sp³-hybridized carbons (Fsp3) is 0.375. The Morgan fingerprint density at radius 1 is 1.29 bits per heavy atom. The smallest absolute Gasteiger partial charge is 0.263 e. The average molecular weight is 346 g/mol. The van der Waals surface area contributed by atoms with Crippen LogP contribution in [-0.2, 0) is 11.2 Å². The summed E-state index contributed by atoms with van der Waals surface area (Å²) in [6.07, 6.45) is 4.98. The molecule has 1 aliphatic rings. The number of rotatable bonds is 4. The van der Waals surface area contributed by atoms with Crippen LogP contribution >= 0.6 is 11.3 Å². The number of pyridine rings is 1. The average Bonchev–Trinajstić information content (AvgIpc) is 3.02. The summed E-state index contributed by atoms with van der Waals surface area (Å²) in [5, 5.41) is 4.73. The minimum absolute atomic E-state index is 0.0265. The molecule has 3 rings (SSSR count). The Kier molecular flexibility index (Phi) is 5.05. The fourth-order valence-electron chi connectivity index (χ4n) is 2.62. The summed E-state index contributed by atoms with van der Waals surface area (Å²) >= 11 is 1.24. The standard InChI is InChI=1S/C16H18N4O3S/c21-13(20-7-2-1-3-8-20)9-11-10-24-16(18-11)19-15(23)12-5-4-6-17-14(12)22/h4-6,10H,1-3,7-9H2,(H,17,22)(H,18,19,23). The van der Waals surface area contributed by atoms with Crippen LogP contribution in [0, 0.1) is 0 Å². The van der Waals surface area contributed by atoms with Gasteiger partial charge in [-0.05, 0) is 31.4 Å². The summed E-state index contributed by atoms with van der Waals surface area (Å²) in [7, 11) is 0. The molecule has 24 heavy (non-hydrogen) atoms. The molecular formula is C16H18N4O3S. The van der Waals surface area contributed by atoms with Crippen molar-refractivity contribution in [3.8, 4) is 0 Å². The number of hydrogen-bond donors (Lipinski definition) is 2. The predicted molar refractivity (Wildman–Crippen MR) is 91.3 cm³/mol. The van der Waals surface area contributed by atoms with E-state index in [2.05, 4.69) is 15.3 Å². The van der Waals surface area contributed by atoms with Gasteiger partial charge in [-0.1, -0.05) is 0 Å². The highest BCUT2D eigenvalue weighted by Gasteiger charge is 2.18. The quantitative estimate of drug-likeness (QED) is 0.880. The first-order valence-corrected chi connectivity index (χ1v) is 8.72. The number of hydrogen-bond acceptors (Lipinski definition) is 5. The van der Waals surface area contributed by atoms with Gasteiger partial charge in [-0.2, -0.15) is 0 Å². The summed E-state index contributed by atoms with van der Waals surface area (Å²) in [6, 6.07) is 3.03. The van der Waals surface area contributed by atoms with Crippen LogP contribution in [0.5, 0.6) is 0 Å². The van der Waals surface area contributed by atoms with Gasteiger partial charge < -0.3 is 9.88 Å². The van der Waals surface area contributed by atoms with E-state index in [1.54, 1.807) is 11.4 Å². The van der Waals surface area contributed by atoms with E-state index in [4.69, 9.17) is 0 Å². The van der Waals surface area contributed by atoms with E-state index in [0.29, 0.717) is 10.8 Å². The highest BCUT2D eigenvalue weighted by Crippen LogP contribution is 2.18. The van der Waals surface area contributed by atoms with Crippen molar-refractivity contribution >= 4 is 28.3 Å². The molecule has 2 aromatic heterocycles. The van der Waals surface area contributed by atoms with Crippen molar-refractivity contribution < 1.29 is 9.59 Å². The molecule has 2 N–H and O–H groups in total. The SMILES string of the molecule is O=C(Nc1nc(CC(=O)N2CCCCC2)cs1)c1ccc[nH]c1=O. The van der Waals surface area contributed by atoms with Crippen molar-refractivity contribution in [2.24, 2.45) is 0 Å². The second-order valence-corrected chi connectivity index (χ2v) is 6.49. The highest BCUT2D eigenvalue weighted by molar-refractivity contribution is 7.14. The van der Waals surface area contributed by atoms with Crippen molar-refractivity contribution in [3.05, 3.63) is 45.3 Å². The molecule has 0 aromatic carbocycles. The lowest BCUT2D eigenvalue weighted by atomic mass is 10.1. The van der Waals surface area contributed by atoms with Crippen LogP contribution in [0.4, 0.5) is 5.13 Å². The number of piperidine rings is 1. The third kappa shape index (κ3) is 3.88. The maximum Gasteiger partial charge on any atom is 0.263 e. The van der Waals surface area contributed by atoms with E-state index in [1.807, 2.05) is 4.90 Å². The minimum Gasteiger partial charge on any atom is -0.342 e. The Bertz CT molecular complexity index is 792. The largest absolute Gasteiger partial charge is 0.342 e. The second-order valence-electron chi connectivity index (χ2n) is 5.63. The van der Waals surface area contributed by atoms with Gasteiger partial charge in [-0.3, -0.25) is 19.7 Å². The molecule has 0 bridgehead atoms. The Labute approximate surface area is 142 Å². The molecule has 0 aliphatic carbocycles. The zero-order valence-electron chi connectivity index (χ0n) is 13.1. The fourth-order valence-corrected chi connectivity index (χ4v) is 3.33. The van der Waals surface area contributed by atoms with Gasteiger partial charge in [0.2, 0.25) is 5.91 Å². The number of aromatic nitrogens is 2. The van der Waals surface area contributed by atoms with Crippen LogP contribution < -0.4 is 10.9 Å². The van der Waals surface area contributed by atoms with E-state index < -0.39 is 11.5 Å². The molecule has 0 atom stereocenters. The second kappa shape index (κ2) is 7.39. The van der Waals surface area contributed by atoms with Gasteiger partial charge in [0.25, 0.3) is 11.5 Å². The van der Waals surface area contributed by atoms with Gasteiger partial charge >= 0.3 is 0 Å². The lowest BCUT2D eigenvalue weighted by Gasteiger charge is -2.26. The molecule has 0 spiro atoms. The Morgan fingerprint density at radius 3 is 2.83 bits per heavy atom. The third-order valence-electron chi connectivity index (χ3n) is 3.88. The number of carbonyl (C=O) groups excluding carboxylic acids is 2. The monoisotopic (exact) mass is 346 g/mol. The van der Waals surface area contributed by atoms with Crippen molar-refractivity contribution in [3.63, 3.8) is 0 Å². The van der Waals surface area contributed by atoms with E-state index in [0.717, 1.165) is 25.9 Å². The molecule has 8 heteroatoms. The number of carbonyl (C=O) groups is 2. The molecule has 1 aliphatic heterocycles. The predicted octanol–water partition coefficient (Wildman–Crippen LogP) is 1.64. The number of H-pyrrole nitrogens is 1. The molecule has 1 fully saturated rings. The number of thiazole rings is 1. The van der Waals surface area contributed by atoms with Crippen molar-refractivity contribution in [2.45, 2.75) is 25.7 Å². The van der Waals surface area contributed by atoms with Gasteiger partial charge in [0, 0.05) is 24.7 Å². The van der Waals surface area contributed by atoms with Crippen molar-refractivity contribution in [1.82, 2.24) is 14.9 Å². The maximum absolute atomic E-state index is 12.2. The normalized spacial score (nSPS) is 14.4. The first-order valence-electron chi connectivity index (χ1n) is 7.85. The zero-order chi connectivity index (χ0) is 16.9. The van der Waals surface area contributed by atoms with Crippen LogP contribution in [-0.4, -0.2) is 39.8 Å². The number of nitrogens with zero attached hydrogens (tertiary/aromatic N) is 2. The Morgan fingerprint density at radius 2 is 2.08 bits per heavy atom. The first kappa shape index (κ1) is 16.4. The summed E-state index contributed by atoms with van der Waals surface area (Å²) in [6.45, 7) is 1.62. The van der Waals surface area contributed by atoms with Crippen molar-refractivity contribution in [2.75, 3.05) is 18.4 Å². The summed E-state index contributed by atoms with van der Waals surface area (Å²) in [5.74, 6) is -0.447. The topological polar surface area (TPSA) is 95.2 Å². The van der Waals surface area contributed by atoms with Crippen LogP contribution in [0.1, 0.15) is 35.3 Å². The molecule has 7 nitrogen and oxygen atoms in total. The molecule has 0 saturated carbocycles. The number of aromatic amines is 1. The Hall–Kier alpha value is -2.48. The maximum atomic E-state index is 12.2. The van der Waals surface area contributed by atoms with Gasteiger partial charge in [-0.25, -0.2) is 4.98 Å². The Balaban J connectivity index is 1.61. The molecule has 0 unspecified atom stereocenters. The van der Waals surface area contributed by atoms with Crippen LogP contribution in [0.25, 0.3) is 0 Å². The molecule has 2 aromatic rings. The minimum atomic E-state index is -0.514. The molecule has 3 heterocycles. The van der Waals surface area contributed by atoms with Crippen LogP contribution in [0.15, 0.2) is 28.5 Å². The first-order chi connectivity index (χ1) is 11.6. The van der Waals surface area contributed by atoms with Crippen LogP contribution in [0.2, 0.25) is 0 Å².